The van der Waals surface area contributed by atoms with Crippen LogP contribution in [0.15, 0.2) is 0 Å². The van der Waals surface area contributed by atoms with Gasteiger partial charge in [-0.05, 0) is 12.0 Å². The van der Waals surface area contributed by atoms with Crippen molar-refractivity contribution in [1.82, 2.24) is 0 Å². The average Bonchev–Trinajstić information content (AvgIpc) is 1.72. The van der Waals surface area contributed by atoms with Gasteiger partial charge in [0, 0.05) is 0 Å². The third kappa shape index (κ3) is 26.8. The molecule has 0 unspecified atom stereocenters. The number of thioether (sulfide) groups is 1. The smallest absolute Gasteiger partial charge is 0.00988 e. The van der Waals surface area contributed by atoms with Crippen LogP contribution in [0.3, 0.4) is 0 Å². The lowest BCUT2D eigenvalue weighted by Gasteiger charge is -1.69. The molecule has 0 nitrogen and oxygen atoms in total. The molecule has 0 saturated heterocycles. The fourth-order valence-corrected chi connectivity index (χ4v) is 0. The van der Waals surface area contributed by atoms with Gasteiger partial charge in [0.15, 0.2) is 0 Å². The van der Waals surface area contributed by atoms with E-state index in [1.807, 2.05) is 25.6 Å². The average molecular weight is 106 g/mol. The zero-order valence-corrected chi connectivity index (χ0v) is 5.93. The fraction of sp³-hybridized carbons (Fsp3) is 1.00. The SMILES string of the molecule is CC.CCSC. The third-order valence-corrected chi connectivity index (χ3v) is 0.866. The molecule has 0 N–H and O–H groups in total. The van der Waals surface area contributed by atoms with Crippen molar-refractivity contribution in [1.29, 1.82) is 0 Å². The maximum absolute atomic E-state index is 2.14. The number of hydrogen-bond donors (Lipinski definition) is 0. The minimum atomic E-state index is 1.24. The van der Waals surface area contributed by atoms with E-state index in [4.69, 9.17) is 0 Å². The second kappa shape index (κ2) is 18.3. The topological polar surface area (TPSA) is 0 Å². The second-order valence-corrected chi connectivity index (χ2v) is 1.73. The van der Waals surface area contributed by atoms with Gasteiger partial charge in [-0.15, -0.1) is 0 Å². The van der Waals surface area contributed by atoms with Gasteiger partial charge in [-0.2, -0.15) is 11.8 Å². The first-order valence-corrected chi connectivity index (χ1v) is 3.80. The second-order valence-electron chi connectivity index (χ2n) is 0.577. The molecule has 0 rings (SSSR count). The zero-order chi connectivity index (χ0) is 5.41. The van der Waals surface area contributed by atoms with Crippen LogP contribution in [0.1, 0.15) is 20.8 Å². The lowest BCUT2D eigenvalue weighted by Crippen LogP contribution is -1.52. The highest BCUT2D eigenvalue weighted by atomic mass is 32.2. The minimum absolute atomic E-state index is 1.24. The maximum Gasteiger partial charge on any atom is -0.00988 e. The molecule has 0 amide bonds. The van der Waals surface area contributed by atoms with Gasteiger partial charge < -0.3 is 0 Å². The highest BCUT2D eigenvalue weighted by Gasteiger charge is 1.55. The van der Waals surface area contributed by atoms with E-state index in [0.717, 1.165) is 0 Å². The third-order valence-electron chi connectivity index (χ3n) is 0.289. The molecular weight excluding hydrogens is 92.1 g/mol. The predicted octanol–water partition coefficient (Wildman–Crippen LogP) is 2.40. The minimum Gasteiger partial charge on any atom is -0.166 e. The van der Waals surface area contributed by atoms with Crippen molar-refractivity contribution in [2.24, 2.45) is 0 Å². The normalized spacial score (nSPS) is 6.00. The Kier molecular flexibility index (Phi) is 29.3. The summed E-state index contributed by atoms with van der Waals surface area (Å²) in [4.78, 5) is 0. The molecule has 0 heterocycles. The van der Waals surface area contributed by atoms with E-state index in [0.29, 0.717) is 0 Å². The Bertz CT molecular complexity index is 5.90. The molecule has 0 aromatic rings. The van der Waals surface area contributed by atoms with Gasteiger partial charge in [-0.3, -0.25) is 0 Å². The zero-order valence-electron chi connectivity index (χ0n) is 5.12. The Labute approximate surface area is 45.3 Å². The van der Waals surface area contributed by atoms with Crippen molar-refractivity contribution >= 4 is 11.8 Å². The summed E-state index contributed by atoms with van der Waals surface area (Å²) in [6, 6.07) is 0. The fourth-order valence-electron chi connectivity index (χ4n) is 0. The van der Waals surface area contributed by atoms with Crippen LogP contribution in [-0.4, -0.2) is 12.0 Å². The first kappa shape index (κ1) is 9.61. The summed E-state index contributed by atoms with van der Waals surface area (Å²) in [5, 5.41) is 0. The lowest BCUT2D eigenvalue weighted by molar-refractivity contribution is 1.50. The molecule has 0 aromatic heterocycles. The van der Waals surface area contributed by atoms with Crippen molar-refractivity contribution in [3.05, 3.63) is 0 Å². The molecular formula is C5H14S. The molecule has 0 aliphatic rings. The Balaban J connectivity index is 0. The summed E-state index contributed by atoms with van der Waals surface area (Å²) < 4.78 is 0. The van der Waals surface area contributed by atoms with E-state index < -0.39 is 0 Å². The van der Waals surface area contributed by atoms with Gasteiger partial charge in [0.25, 0.3) is 0 Å². The van der Waals surface area contributed by atoms with Gasteiger partial charge >= 0.3 is 0 Å². The van der Waals surface area contributed by atoms with E-state index in [1.165, 1.54) is 5.75 Å². The Morgan fingerprint density at radius 2 is 1.50 bits per heavy atom. The molecule has 0 fully saturated rings. The molecule has 0 aromatic carbocycles. The summed E-state index contributed by atoms with van der Waals surface area (Å²) in [6.07, 6.45) is 2.10. The summed E-state index contributed by atoms with van der Waals surface area (Å²) in [7, 11) is 0. The van der Waals surface area contributed by atoms with E-state index in [9.17, 15) is 0 Å². The molecule has 0 aliphatic heterocycles. The van der Waals surface area contributed by atoms with Gasteiger partial charge in [-0.25, -0.2) is 0 Å². The Morgan fingerprint density at radius 3 is 1.50 bits per heavy atom. The highest BCUT2D eigenvalue weighted by molar-refractivity contribution is 7.98. The summed E-state index contributed by atoms with van der Waals surface area (Å²) in [5.74, 6) is 1.24. The van der Waals surface area contributed by atoms with Gasteiger partial charge in [0.2, 0.25) is 0 Å². The monoisotopic (exact) mass is 106 g/mol. The molecule has 0 radical (unpaired) electrons. The highest BCUT2D eigenvalue weighted by Crippen LogP contribution is 1.83. The van der Waals surface area contributed by atoms with Crippen molar-refractivity contribution in [2.75, 3.05) is 12.0 Å². The number of rotatable bonds is 1. The standard InChI is InChI=1S/C3H8S.C2H6/c1-3-4-2;1-2/h3H2,1-2H3;1-2H3. The van der Waals surface area contributed by atoms with Crippen LogP contribution in [0.4, 0.5) is 0 Å². The van der Waals surface area contributed by atoms with E-state index >= 15 is 0 Å². The quantitative estimate of drug-likeness (QED) is 0.494. The van der Waals surface area contributed by atoms with Crippen molar-refractivity contribution in [2.45, 2.75) is 20.8 Å². The molecule has 0 spiro atoms. The largest absolute Gasteiger partial charge is 0.166 e. The van der Waals surface area contributed by atoms with Crippen molar-refractivity contribution in [3.63, 3.8) is 0 Å². The Morgan fingerprint density at radius 1 is 1.33 bits per heavy atom. The summed E-state index contributed by atoms with van der Waals surface area (Å²) in [6.45, 7) is 6.14. The summed E-state index contributed by atoms with van der Waals surface area (Å²) in [5.41, 5.74) is 0. The maximum atomic E-state index is 2.14. The van der Waals surface area contributed by atoms with Crippen LogP contribution < -0.4 is 0 Å². The van der Waals surface area contributed by atoms with Crippen LogP contribution in [0.2, 0.25) is 0 Å². The van der Waals surface area contributed by atoms with Crippen LogP contribution in [0, 0.1) is 0 Å². The van der Waals surface area contributed by atoms with Crippen molar-refractivity contribution < 1.29 is 0 Å². The van der Waals surface area contributed by atoms with Gasteiger partial charge in [0.05, 0.1) is 0 Å². The van der Waals surface area contributed by atoms with Crippen LogP contribution >= 0.6 is 11.8 Å². The molecule has 0 saturated carbocycles. The van der Waals surface area contributed by atoms with Gasteiger partial charge in [0.1, 0.15) is 0 Å². The molecule has 0 bridgehead atoms. The molecule has 40 valence electrons. The predicted molar refractivity (Wildman–Crippen MR) is 35.4 cm³/mol. The molecule has 1 heteroatoms. The first-order valence-electron chi connectivity index (χ1n) is 2.40. The van der Waals surface area contributed by atoms with Crippen molar-refractivity contribution in [3.8, 4) is 0 Å². The molecule has 0 aliphatic carbocycles. The van der Waals surface area contributed by atoms with Gasteiger partial charge in [-0.1, -0.05) is 20.8 Å². The molecule has 6 heavy (non-hydrogen) atoms. The number of hydrogen-bond acceptors (Lipinski definition) is 1. The van der Waals surface area contributed by atoms with Crippen LogP contribution in [0.5, 0.6) is 0 Å². The van der Waals surface area contributed by atoms with E-state index in [-0.39, 0.29) is 0 Å². The van der Waals surface area contributed by atoms with E-state index in [1.54, 1.807) is 0 Å². The lowest BCUT2D eigenvalue weighted by atomic mass is 11.0. The van der Waals surface area contributed by atoms with Crippen LogP contribution in [-0.2, 0) is 0 Å². The Hall–Kier alpha value is 0.350. The van der Waals surface area contributed by atoms with Crippen LogP contribution in [0.25, 0.3) is 0 Å². The first-order chi connectivity index (χ1) is 2.91. The molecule has 0 atom stereocenters. The van der Waals surface area contributed by atoms with E-state index in [2.05, 4.69) is 13.2 Å². The summed E-state index contributed by atoms with van der Waals surface area (Å²) >= 11 is 1.86.